The Hall–Kier alpha value is -1.06. The molecule has 0 amide bonds. The van der Waals surface area contributed by atoms with E-state index < -0.39 is 23.0 Å². The minimum Gasteiger partial charge on any atom is -0.481 e. The maximum atomic E-state index is 11.6. The molecule has 4 heteroatoms. The molecule has 0 saturated heterocycles. The summed E-state index contributed by atoms with van der Waals surface area (Å²) in [6, 6.07) is 0. The van der Waals surface area contributed by atoms with Gasteiger partial charge in [-0.05, 0) is 33.6 Å². The highest BCUT2D eigenvalue weighted by Gasteiger charge is 2.43. The van der Waals surface area contributed by atoms with Crippen LogP contribution in [0.15, 0.2) is 0 Å². The standard InChI is InChI=1S/C12H20O4/c1-11(2,3)16-9(13)8-12(10(14)15)6-4-5-7-12/h4-8H2,1-3H3,(H,14,15). The first-order valence-electron chi connectivity index (χ1n) is 5.70. The van der Waals surface area contributed by atoms with Crippen molar-refractivity contribution in [2.45, 2.75) is 58.5 Å². The second-order valence-corrected chi connectivity index (χ2v) is 5.56. The van der Waals surface area contributed by atoms with Gasteiger partial charge in [-0.25, -0.2) is 0 Å². The van der Waals surface area contributed by atoms with Crippen LogP contribution in [0.4, 0.5) is 0 Å². The Morgan fingerprint density at radius 2 is 1.75 bits per heavy atom. The van der Waals surface area contributed by atoms with Crippen molar-refractivity contribution in [2.75, 3.05) is 0 Å². The third kappa shape index (κ3) is 3.22. The molecule has 0 spiro atoms. The topological polar surface area (TPSA) is 63.6 Å². The van der Waals surface area contributed by atoms with Gasteiger partial charge >= 0.3 is 11.9 Å². The Kier molecular flexibility index (Phi) is 3.61. The van der Waals surface area contributed by atoms with Crippen molar-refractivity contribution >= 4 is 11.9 Å². The van der Waals surface area contributed by atoms with E-state index in [0.717, 1.165) is 12.8 Å². The second-order valence-electron chi connectivity index (χ2n) is 5.56. The van der Waals surface area contributed by atoms with Crippen molar-refractivity contribution in [3.63, 3.8) is 0 Å². The number of carbonyl (C=O) groups is 2. The zero-order valence-electron chi connectivity index (χ0n) is 10.2. The molecule has 0 aromatic heterocycles. The van der Waals surface area contributed by atoms with E-state index in [2.05, 4.69) is 0 Å². The first kappa shape index (κ1) is 13.0. The normalized spacial score (nSPS) is 19.4. The summed E-state index contributed by atoms with van der Waals surface area (Å²) in [5.41, 5.74) is -1.42. The molecule has 0 heterocycles. The van der Waals surface area contributed by atoms with E-state index in [1.54, 1.807) is 20.8 Å². The summed E-state index contributed by atoms with van der Waals surface area (Å²) in [6.07, 6.45) is 2.94. The quantitative estimate of drug-likeness (QED) is 0.753. The Morgan fingerprint density at radius 1 is 1.25 bits per heavy atom. The van der Waals surface area contributed by atoms with Crippen LogP contribution in [0.1, 0.15) is 52.9 Å². The SMILES string of the molecule is CC(C)(C)OC(=O)CC1(C(=O)O)CCCC1. The highest BCUT2D eigenvalue weighted by Crippen LogP contribution is 2.41. The number of carboxylic acid groups (broad SMARTS) is 1. The van der Waals surface area contributed by atoms with Crippen LogP contribution in [0.25, 0.3) is 0 Å². The van der Waals surface area contributed by atoms with Gasteiger partial charge in [0, 0.05) is 0 Å². The van der Waals surface area contributed by atoms with Crippen LogP contribution in [0.5, 0.6) is 0 Å². The maximum absolute atomic E-state index is 11.6. The van der Waals surface area contributed by atoms with Crippen molar-refractivity contribution in [1.82, 2.24) is 0 Å². The van der Waals surface area contributed by atoms with Gasteiger partial charge in [0.2, 0.25) is 0 Å². The molecule has 1 aliphatic carbocycles. The van der Waals surface area contributed by atoms with Gasteiger partial charge in [0.15, 0.2) is 0 Å². The fourth-order valence-corrected chi connectivity index (χ4v) is 2.17. The molecule has 1 rings (SSSR count). The molecule has 1 aliphatic rings. The molecule has 0 bridgehead atoms. The number of hydrogen-bond donors (Lipinski definition) is 1. The minimum absolute atomic E-state index is 0.000394. The molecule has 1 fully saturated rings. The fraction of sp³-hybridized carbons (Fsp3) is 0.833. The lowest BCUT2D eigenvalue weighted by molar-refractivity contribution is -0.164. The third-order valence-electron chi connectivity index (χ3n) is 2.92. The summed E-state index contributed by atoms with van der Waals surface area (Å²) in [5.74, 6) is -1.27. The fourth-order valence-electron chi connectivity index (χ4n) is 2.17. The molecule has 1 N–H and O–H groups in total. The predicted molar refractivity (Wildman–Crippen MR) is 59.0 cm³/mol. The molecule has 0 radical (unpaired) electrons. The van der Waals surface area contributed by atoms with E-state index in [9.17, 15) is 14.7 Å². The van der Waals surface area contributed by atoms with Crippen LogP contribution in [-0.4, -0.2) is 22.6 Å². The van der Waals surface area contributed by atoms with Crippen molar-refractivity contribution in [3.8, 4) is 0 Å². The van der Waals surface area contributed by atoms with Crippen molar-refractivity contribution in [3.05, 3.63) is 0 Å². The number of carboxylic acids is 1. The van der Waals surface area contributed by atoms with Gasteiger partial charge in [-0.1, -0.05) is 12.8 Å². The first-order chi connectivity index (χ1) is 7.25. The minimum atomic E-state index is -0.873. The van der Waals surface area contributed by atoms with Gasteiger partial charge in [0.25, 0.3) is 0 Å². The van der Waals surface area contributed by atoms with E-state index >= 15 is 0 Å². The molecule has 92 valence electrons. The third-order valence-corrected chi connectivity index (χ3v) is 2.92. The summed E-state index contributed by atoms with van der Waals surface area (Å²) in [5, 5.41) is 9.20. The van der Waals surface area contributed by atoms with Gasteiger partial charge < -0.3 is 9.84 Å². The van der Waals surface area contributed by atoms with Gasteiger partial charge in [0.05, 0.1) is 11.8 Å². The lowest BCUT2D eigenvalue weighted by Gasteiger charge is -2.26. The highest BCUT2D eigenvalue weighted by molar-refractivity contribution is 5.82. The van der Waals surface area contributed by atoms with Crippen molar-refractivity contribution in [1.29, 1.82) is 0 Å². The average Bonchev–Trinajstić information content (AvgIpc) is 2.49. The van der Waals surface area contributed by atoms with E-state index in [-0.39, 0.29) is 6.42 Å². The van der Waals surface area contributed by atoms with Crippen LogP contribution >= 0.6 is 0 Å². The van der Waals surface area contributed by atoms with Crippen molar-refractivity contribution in [2.24, 2.45) is 5.41 Å². The van der Waals surface area contributed by atoms with Gasteiger partial charge in [-0.15, -0.1) is 0 Å². The Bertz CT molecular complexity index is 282. The van der Waals surface area contributed by atoms with Crippen LogP contribution in [0.3, 0.4) is 0 Å². The van der Waals surface area contributed by atoms with Crippen LogP contribution in [0.2, 0.25) is 0 Å². The molecular weight excluding hydrogens is 208 g/mol. The summed E-state index contributed by atoms with van der Waals surface area (Å²) < 4.78 is 5.17. The van der Waals surface area contributed by atoms with Crippen molar-refractivity contribution < 1.29 is 19.4 Å². The molecule has 16 heavy (non-hydrogen) atoms. The van der Waals surface area contributed by atoms with Crippen LogP contribution in [-0.2, 0) is 14.3 Å². The smallest absolute Gasteiger partial charge is 0.310 e. The van der Waals surface area contributed by atoms with Gasteiger partial charge in [0.1, 0.15) is 5.60 Å². The highest BCUT2D eigenvalue weighted by atomic mass is 16.6. The lowest BCUT2D eigenvalue weighted by Crippen LogP contribution is -2.34. The summed E-state index contributed by atoms with van der Waals surface area (Å²) in [6.45, 7) is 5.35. The lowest BCUT2D eigenvalue weighted by atomic mass is 9.83. The number of hydrogen-bond acceptors (Lipinski definition) is 3. The Balaban J connectivity index is 2.63. The summed E-state index contributed by atoms with van der Waals surface area (Å²) in [4.78, 5) is 22.9. The molecule has 0 atom stereocenters. The number of carbonyl (C=O) groups excluding carboxylic acids is 1. The zero-order chi connectivity index (χ0) is 12.4. The molecule has 0 unspecified atom stereocenters. The Morgan fingerprint density at radius 3 is 2.12 bits per heavy atom. The first-order valence-corrected chi connectivity index (χ1v) is 5.70. The summed E-state index contributed by atoms with van der Waals surface area (Å²) >= 11 is 0. The number of ether oxygens (including phenoxy) is 1. The Labute approximate surface area is 96.0 Å². The van der Waals surface area contributed by atoms with E-state index in [1.807, 2.05) is 0 Å². The van der Waals surface area contributed by atoms with E-state index in [0.29, 0.717) is 12.8 Å². The molecular formula is C12H20O4. The zero-order valence-corrected chi connectivity index (χ0v) is 10.2. The average molecular weight is 228 g/mol. The molecule has 0 aromatic carbocycles. The number of rotatable bonds is 3. The van der Waals surface area contributed by atoms with Gasteiger partial charge in [-0.3, -0.25) is 9.59 Å². The van der Waals surface area contributed by atoms with Gasteiger partial charge in [-0.2, -0.15) is 0 Å². The van der Waals surface area contributed by atoms with E-state index in [1.165, 1.54) is 0 Å². The molecule has 4 nitrogen and oxygen atoms in total. The van der Waals surface area contributed by atoms with Crippen LogP contribution in [0, 0.1) is 5.41 Å². The number of aliphatic carboxylic acids is 1. The predicted octanol–water partition coefficient (Wildman–Crippen LogP) is 2.36. The van der Waals surface area contributed by atoms with E-state index in [4.69, 9.17) is 4.74 Å². The maximum Gasteiger partial charge on any atom is 0.310 e. The largest absolute Gasteiger partial charge is 0.481 e. The second kappa shape index (κ2) is 4.44. The summed E-state index contributed by atoms with van der Waals surface area (Å²) in [7, 11) is 0. The van der Waals surface area contributed by atoms with Crippen LogP contribution < -0.4 is 0 Å². The molecule has 0 aliphatic heterocycles. The monoisotopic (exact) mass is 228 g/mol. The molecule has 0 aromatic rings. The molecule has 1 saturated carbocycles. The number of esters is 1.